The molecule has 0 N–H and O–H groups in total. The van der Waals surface area contributed by atoms with E-state index in [4.69, 9.17) is 0 Å². The SMILES string of the molecule is [CH2]C(=C)c1cccc2ccccc12. The van der Waals surface area contributed by atoms with Gasteiger partial charge in [0, 0.05) is 0 Å². The van der Waals surface area contributed by atoms with Crippen LogP contribution < -0.4 is 0 Å². The van der Waals surface area contributed by atoms with E-state index >= 15 is 0 Å². The van der Waals surface area contributed by atoms with E-state index in [0.717, 1.165) is 11.1 Å². The van der Waals surface area contributed by atoms with Crippen molar-refractivity contribution in [2.75, 3.05) is 0 Å². The molecular weight excluding hydrogens is 156 g/mol. The normalized spacial score (nSPS) is 10.2. The van der Waals surface area contributed by atoms with Gasteiger partial charge in [0.15, 0.2) is 0 Å². The third-order valence-electron chi connectivity index (χ3n) is 2.17. The van der Waals surface area contributed by atoms with E-state index in [1.165, 1.54) is 10.8 Å². The van der Waals surface area contributed by atoms with Crippen LogP contribution in [0.2, 0.25) is 0 Å². The summed E-state index contributed by atoms with van der Waals surface area (Å²) in [5.74, 6) is 0. The minimum atomic E-state index is 0.872. The monoisotopic (exact) mass is 167 g/mol. The molecule has 0 aliphatic rings. The van der Waals surface area contributed by atoms with Gasteiger partial charge in [-0.15, -0.1) is 0 Å². The van der Waals surface area contributed by atoms with Gasteiger partial charge in [0.05, 0.1) is 0 Å². The number of hydrogen-bond donors (Lipinski definition) is 0. The van der Waals surface area contributed by atoms with Crippen LogP contribution in [0.15, 0.2) is 49.0 Å². The van der Waals surface area contributed by atoms with E-state index in [1.807, 2.05) is 18.2 Å². The molecule has 0 saturated carbocycles. The molecule has 2 aromatic rings. The van der Waals surface area contributed by atoms with Gasteiger partial charge in [-0.3, -0.25) is 0 Å². The van der Waals surface area contributed by atoms with Crippen LogP contribution in [0.1, 0.15) is 5.56 Å². The molecule has 0 nitrogen and oxygen atoms in total. The van der Waals surface area contributed by atoms with E-state index in [0.29, 0.717) is 0 Å². The van der Waals surface area contributed by atoms with Crippen molar-refractivity contribution in [1.82, 2.24) is 0 Å². The van der Waals surface area contributed by atoms with Gasteiger partial charge >= 0.3 is 0 Å². The van der Waals surface area contributed by atoms with Crippen molar-refractivity contribution < 1.29 is 0 Å². The van der Waals surface area contributed by atoms with Crippen LogP contribution in [-0.4, -0.2) is 0 Å². The summed E-state index contributed by atoms with van der Waals surface area (Å²) in [7, 11) is 0. The number of rotatable bonds is 1. The molecule has 0 heterocycles. The molecule has 1 radical (unpaired) electrons. The Morgan fingerprint density at radius 1 is 0.923 bits per heavy atom. The van der Waals surface area contributed by atoms with Crippen LogP contribution in [0.5, 0.6) is 0 Å². The molecule has 0 bridgehead atoms. The highest BCUT2D eigenvalue weighted by molar-refractivity contribution is 5.94. The maximum Gasteiger partial charge on any atom is -0.0109 e. The lowest BCUT2D eigenvalue weighted by Crippen LogP contribution is -1.80. The second kappa shape index (κ2) is 3.06. The molecule has 0 aliphatic carbocycles. The number of allylic oxidation sites excluding steroid dienone is 1. The van der Waals surface area contributed by atoms with Crippen molar-refractivity contribution in [2.45, 2.75) is 0 Å². The minimum absolute atomic E-state index is 0.872. The fourth-order valence-electron chi connectivity index (χ4n) is 1.53. The Balaban J connectivity index is 2.83. The zero-order chi connectivity index (χ0) is 9.26. The fraction of sp³-hybridized carbons (Fsp3) is 0. The molecule has 2 aromatic carbocycles. The summed E-state index contributed by atoms with van der Waals surface area (Å²) in [6.45, 7) is 7.73. The Bertz CT molecular complexity index is 447. The number of hydrogen-bond acceptors (Lipinski definition) is 0. The number of fused-ring (bicyclic) bond motifs is 1. The first-order valence-electron chi connectivity index (χ1n) is 4.28. The van der Waals surface area contributed by atoms with Crippen LogP contribution >= 0.6 is 0 Å². The fourth-order valence-corrected chi connectivity index (χ4v) is 1.53. The van der Waals surface area contributed by atoms with Crippen LogP contribution in [0.4, 0.5) is 0 Å². The van der Waals surface area contributed by atoms with Gasteiger partial charge in [-0.1, -0.05) is 49.0 Å². The first kappa shape index (κ1) is 8.06. The molecule has 2 rings (SSSR count). The zero-order valence-electron chi connectivity index (χ0n) is 7.46. The molecule has 0 heteroatoms. The van der Waals surface area contributed by atoms with E-state index < -0.39 is 0 Å². The molecule has 0 aliphatic heterocycles. The van der Waals surface area contributed by atoms with Gasteiger partial charge in [0.25, 0.3) is 0 Å². The first-order chi connectivity index (χ1) is 6.29. The topological polar surface area (TPSA) is 0 Å². The maximum atomic E-state index is 3.86. The lowest BCUT2D eigenvalue weighted by molar-refractivity contribution is 1.69. The van der Waals surface area contributed by atoms with Gasteiger partial charge in [0.2, 0.25) is 0 Å². The summed E-state index contributed by atoms with van der Waals surface area (Å²) in [5, 5.41) is 2.47. The molecule has 0 spiro atoms. The average molecular weight is 167 g/mol. The summed E-state index contributed by atoms with van der Waals surface area (Å²) in [6.07, 6.45) is 0. The molecule has 63 valence electrons. The quantitative estimate of drug-likeness (QED) is 0.607. The van der Waals surface area contributed by atoms with Crippen molar-refractivity contribution in [2.24, 2.45) is 0 Å². The molecule has 0 aromatic heterocycles. The third kappa shape index (κ3) is 1.35. The average Bonchev–Trinajstić information content (AvgIpc) is 2.17. The van der Waals surface area contributed by atoms with E-state index in [9.17, 15) is 0 Å². The second-order valence-corrected chi connectivity index (χ2v) is 3.13. The second-order valence-electron chi connectivity index (χ2n) is 3.13. The lowest BCUT2D eigenvalue weighted by atomic mass is 10.0. The molecule has 0 amide bonds. The summed E-state index contributed by atoms with van der Waals surface area (Å²) in [6, 6.07) is 14.5. The van der Waals surface area contributed by atoms with Crippen LogP contribution in [0.25, 0.3) is 16.3 Å². The van der Waals surface area contributed by atoms with E-state index in [-0.39, 0.29) is 0 Å². The first-order valence-corrected chi connectivity index (χ1v) is 4.28. The van der Waals surface area contributed by atoms with Gasteiger partial charge in [-0.2, -0.15) is 0 Å². The molecular formula is C13H11. The van der Waals surface area contributed by atoms with Crippen LogP contribution in [0, 0.1) is 6.92 Å². The minimum Gasteiger partial charge on any atom is -0.0952 e. The van der Waals surface area contributed by atoms with Crippen molar-refractivity contribution in [3.8, 4) is 0 Å². The largest absolute Gasteiger partial charge is 0.0952 e. The molecule has 0 saturated heterocycles. The maximum absolute atomic E-state index is 3.86. The Hall–Kier alpha value is -1.56. The predicted molar refractivity (Wildman–Crippen MR) is 58.3 cm³/mol. The highest BCUT2D eigenvalue weighted by Crippen LogP contribution is 2.22. The molecule has 0 fully saturated rings. The highest BCUT2D eigenvalue weighted by atomic mass is 14.0. The van der Waals surface area contributed by atoms with Gasteiger partial charge < -0.3 is 0 Å². The van der Waals surface area contributed by atoms with Crippen LogP contribution in [-0.2, 0) is 0 Å². The smallest absolute Gasteiger partial charge is 0.0109 e. The molecule has 0 atom stereocenters. The van der Waals surface area contributed by atoms with Crippen molar-refractivity contribution in [1.29, 1.82) is 0 Å². The van der Waals surface area contributed by atoms with Crippen LogP contribution in [0.3, 0.4) is 0 Å². The van der Waals surface area contributed by atoms with Crippen molar-refractivity contribution in [3.63, 3.8) is 0 Å². The third-order valence-corrected chi connectivity index (χ3v) is 2.17. The lowest BCUT2D eigenvalue weighted by Gasteiger charge is -2.04. The Kier molecular flexibility index (Phi) is 1.90. The summed E-state index contributed by atoms with van der Waals surface area (Å²) >= 11 is 0. The number of benzene rings is 2. The Labute approximate surface area is 78.5 Å². The Morgan fingerprint density at radius 2 is 1.62 bits per heavy atom. The highest BCUT2D eigenvalue weighted by Gasteiger charge is 1.98. The van der Waals surface area contributed by atoms with Gasteiger partial charge in [-0.25, -0.2) is 0 Å². The predicted octanol–water partition coefficient (Wildman–Crippen LogP) is 3.69. The molecule has 0 unspecified atom stereocenters. The van der Waals surface area contributed by atoms with E-state index in [2.05, 4.69) is 37.8 Å². The molecule has 13 heavy (non-hydrogen) atoms. The van der Waals surface area contributed by atoms with Crippen molar-refractivity contribution in [3.05, 3.63) is 61.5 Å². The van der Waals surface area contributed by atoms with Crippen molar-refractivity contribution >= 4 is 16.3 Å². The standard InChI is InChI=1S/C13H11/c1-10(2)12-9-5-7-11-6-3-4-8-13(11)12/h3-9H,1-2H2. The Morgan fingerprint density at radius 3 is 2.38 bits per heavy atom. The zero-order valence-corrected chi connectivity index (χ0v) is 7.46. The van der Waals surface area contributed by atoms with Gasteiger partial charge in [-0.05, 0) is 28.8 Å². The summed E-state index contributed by atoms with van der Waals surface area (Å²) in [4.78, 5) is 0. The summed E-state index contributed by atoms with van der Waals surface area (Å²) in [5.41, 5.74) is 2.01. The van der Waals surface area contributed by atoms with Gasteiger partial charge in [0.1, 0.15) is 0 Å². The van der Waals surface area contributed by atoms with E-state index in [1.54, 1.807) is 0 Å². The summed E-state index contributed by atoms with van der Waals surface area (Å²) < 4.78 is 0.